The molecule has 2 rings (SSSR count). The van der Waals surface area contributed by atoms with Crippen LogP contribution in [0.1, 0.15) is 22.3 Å². The maximum absolute atomic E-state index is 12.3. The third kappa shape index (κ3) is 3.16. The molecule has 0 radical (unpaired) electrons. The first-order chi connectivity index (χ1) is 8.09. The second-order valence-corrected chi connectivity index (χ2v) is 4.96. The zero-order valence-corrected chi connectivity index (χ0v) is 12.1. The third-order valence-corrected chi connectivity index (χ3v) is 3.56. The standard InChI is InChI=1S/C13H17ClN2O.ClH/c1-9-7-10(14)3-4-12(9)13(17)16(2)11-5-6-15-8-11;/h3-4,7,11,15H,5-6,8H2,1-2H3;1H. The van der Waals surface area contributed by atoms with Gasteiger partial charge in [-0.15, -0.1) is 12.4 Å². The highest BCUT2D eigenvalue weighted by atomic mass is 35.5. The van der Waals surface area contributed by atoms with Crippen LogP contribution in [0.2, 0.25) is 5.02 Å². The van der Waals surface area contributed by atoms with E-state index >= 15 is 0 Å². The number of aryl methyl sites for hydroxylation is 1. The summed E-state index contributed by atoms with van der Waals surface area (Å²) in [6.45, 7) is 3.79. The smallest absolute Gasteiger partial charge is 0.254 e. The van der Waals surface area contributed by atoms with Gasteiger partial charge in [0.1, 0.15) is 0 Å². The summed E-state index contributed by atoms with van der Waals surface area (Å²) in [5.74, 6) is 0.0767. The third-order valence-electron chi connectivity index (χ3n) is 3.32. The molecule has 1 aliphatic rings. The molecular weight excluding hydrogens is 271 g/mol. The predicted octanol–water partition coefficient (Wildman–Crippen LogP) is 2.50. The molecule has 1 aliphatic heterocycles. The van der Waals surface area contributed by atoms with Crippen molar-refractivity contribution in [2.75, 3.05) is 20.1 Å². The molecule has 0 aromatic heterocycles. The van der Waals surface area contributed by atoms with Crippen LogP contribution in [0.5, 0.6) is 0 Å². The Morgan fingerprint density at radius 1 is 1.50 bits per heavy atom. The van der Waals surface area contributed by atoms with E-state index in [0.717, 1.165) is 30.6 Å². The van der Waals surface area contributed by atoms with Gasteiger partial charge in [0.15, 0.2) is 0 Å². The van der Waals surface area contributed by atoms with E-state index in [2.05, 4.69) is 5.32 Å². The summed E-state index contributed by atoms with van der Waals surface area (Å²) in [5, 5.41) is 3.94. The van der Waals surface area contributed by atoms with Crippen molar-refractivity contribution < 1.29 is 4.79 Å². The fourth-order valence-corrected chi connectivity index (χ4v) is 2.42. The second-order valence-electron chi connectivity index (χ2n) is 4.52. The molecule has 1 atom stereocenters. The molecule has 0 aliphatic carbocycles. The number of carbonyl (C=O) groups is 1. The van der Waals surface area contributed by atoms with Crippen molar-refractivity contribution in [3.8, 4) is 0 Å². The number of halogens is 2. The van der Waals surface area contributed by atoms with Crippen LogP contribution < -0.4 is 5.32 Å². The van der Waals surface area contributed by atoms with Gasteiger partial charge in [-0.3, -0.25) is 4.79 Å². The number of hydrogen-bond donors (Lipinski definition) is 1. The number of benzene rings is 1. The lowest BCUT2D eigenvalue weighted by Gasteiger charge is -2.24. The van der Waals surface area contributed by atoms with Gasteiger partial charge in [0.2, 0.25) is 0 Å². The van der Waals surface area contributed by atoms with E-state index in [0.29, 0.717) is 11.1 Å². The van der Waals surface area contributed by atoms with Crippen molar-refractivity contribution in [3.63, 3.8) is 0 Å². The van der Waals surface area contributed by atoms with Crippen LogP contribution in [-0.2, 0) is 0 Å². The van der Waals surface area contributed by atoms with Gasteiger partial charge < -0.3 is 10.2 Å². The molecule has 1 fully saturated rings. The quantitative estimate of drug-likeness (QED) is 0.907. The van der Waals surface area contributed by atoms with E-state index in [1.54, 1.807) is 12.1 Å². The second kappa shape index (κ2) is 6.41. The Bertz CT molecular complexity index is 431. The number of nitrogens with one attached hydrogen (secondary N) is 1. The Kier molecular flexibility index (Phi) is 5.45. The Morgan fingerprint density at radius 2 is 2.22 bits per heavy atom. The van der Waals surface area contributed by atoms with Crippen LogP contribution in [0.4, 0.5) is 0 Å². The van der Waals surface area contributed by atoms with Crippen molar-refractivity contribution >= 4 is 29.9 Å². The highest BCUT2D eigenvalue weighted by molar-refractivity contribution is 6.30. The molecule has 1 N–H and O–H groups in total. The van der Waals surface area contributed by atoms with E-state index in [1.165, 1.54) is 0 Å². The fourth-order valence-electron chi connectivity index (χ4n) is 2.19. The van der Waals surface area contributed by atoms with Gasteiger partial charge >= 0.3 is 0 Å². The SMILES string of the molecule is Cc1cc(Cl)ccc1C(=O)N(C)C1CCNC1.Cl. The number of carbonyl (C=O) groups excluding carboxylic acids is 1. The maximum atomic E-state index is 12.3. The molecule has 1 amide bonds. The molecule has 1 aromatic rings. The number of nitrogens with zero attached hydrogens (tertiary/aromatic N) is 1. The van der Waals surface area contributed by atoms with Crippen LogP contribution >= 0.6 is 24.0 Å². The lowest BCUT2D eigenvalue weighted by Crippen LogP contribution is -2.38. The molecule has 3 nitrogen and oxygen atoms in total. The molecule has 18 heavy (non-hydrogen) atoms. The summed E-state index contributed by atoms with van der Waals surface area (Å²) in [7, 11) is 1.87. The summed E-state index contributed by atoms with van der Waals surface area (Å²) in [6, 6.07) is 5.70. The van der Waals surface area contributed by atoms with Crippen molar-refractivity contribution in [1.29, 1.82) is 0 Å². The van der Waals surface area contributed by atoms with Crippen LogP contribution in [0.25, 0.3) is 0 Å². The minimum atomic E-state index is 0. The van der Waals surface area contributed by atoms with Crippen molar-refractivity contribution in [1.82, 2.24) is 10.2 Å². The van der Waals surface area contributed by atoms with E-state index in [1.807, 2.05) is 24.9 Å². The Morgan fingerprint density at radius 3 is 2.78 bits per heavy atom. The minimum absolute atomic E-state index is 0. The average molecular weight is 289 g/mol. The molecule has 1 heterocycles. The number of likely N-dealkylation sites (N-methyl/N-ethyl adjacent to an activating group) is 1. The van der Waals surface area contributed by atoms with Crippen LogP contribution in [0.3, 0.4) is 0 Å². The normalized spacial score (nSPS) is 18.3. The lowest BCUT2D eigenvalue weighted by molar-refractivity contribution is 0.0743. The number of rotatable bonds is 2. The summed E-state index contributed by atoms with van der Waals surface area (Å²) < 4.78 is 0. The Balaban J connectivity index is 0.00000162. The molecule has 0 bridgehead atoms. The molecule has 5 heteroatoms. The van der Waals surface area contributed by atoms with Crippen LogP contribution in [0, 0.1) is 6.92 Å². The van der Waals surface area contributed by atoms with Gasteiger partial charge in [-0.1, -0.05) is 11.6 Å². The Labute approximate surface area is 119 Å². The van der Waals surface area contributed by atoms with Crippen molar-refractivity contribution in [2.45, 2.75) is 19.4 Å². The average Bonchev–Trinajstić information content (AvgIpc) is 2.80. The van der Waals surface area contributed by atoms with Gasteiger partial charge in [0, 0.05) is 30.2 Å². The number of hydrogen-bond acceptors (Lipinski definition) is 2. The van der Waals surface area contributed by atoms with Crippen molar-refractivity contribution in [2.24, 2.45) is 0 Å². The molecule has 1 aromatic carbocycles. The van der Waals surface area contributed by atoms with E-state index in [4.69, 9.17) is 11.6 Å². The molecule has 100 valence electrons. The zero-order valence-electron chi connectivity index (χ0n) is 10.6. The summed E-state index contributed by atoms with van der Waals surface area (Å²) in [4.78, 5) is 14.1. The first-order valence-electron chi connectivity index (χ1n) is 5.83. The summed E-state index contributed by atoms with van der Waals surface area (Å²) >= 11 is 5.89. The summed E-state index contributed by atoms with van der Waals surface area (Å²) in [6.07, 6.45) is 1.02. The van der Waals surface area contributed by atoms with Gasteiger partial charge in [0.05, 0.1) is 0 Å². The highest BCUT2D eigenvalue weighted by Gasteiger charge is 2.24. The largest absolute Gasteiger partial charge is 0.337 e. The van der Waals surface area contributed by atoms with Gasteiger partial charge in [-0.2, -0.15) is 0 Å². The highest BCUT2D eigenvalue weighted by Crippen LogP contribution is 2.18. The first kappa shape index (κ1) is 15.3. The molecule has 1 saturated heterocycles. The predicted molar refractivity (Wildman–Crippen MR) is 76.8 cm³/mol. The minimum Gasteiger partial charge on any atom is -0.337 e. The van der Waals surface area contributed by atoms with E-state index in [9.17, 15) is 4.79 Å². The van der Waals surface area contributed by atoms with Crippen LogP contribution in [0.15, 0.2) is 18.2 Å². The maximum Gasteiger partial charge on any atom is 0.254 e. The van der Waals surface area contributed by atoms with Crippen molar-refractivity contribution in [3.05, 3.63) is 34.3 Å². The molecule has 1 unspecified atom stereocenters. The van der Waals surface area contributed by atoms with E-state index < -0.39 is 0 Å². The van der Waals surface area contributed by atoms with E-state index in [-0.39, 0.29) is 18.3 Å². The topological polar surface area (TPSA) is 32.3 Å². The summed E-state index contributed by atoms with van der Waals surface area (Å²) in [5.41, 5.74) is 1.67. The molecule has 0 spiro atoms. The van der Waals surface area contributed by atoms with Crippen LogP contribution in [-0.4, -0.2) is 37.0 Å². The van der Waals surface area contributed by atoms with Gasteiger partial charge in [-0.05, 0) is 43.7 Å². The van der Waals surface area contributed by atoms with Gasteiger partial charge in [-0.25, -0.2) is 0 Å². The molecule has 0 saturated carbocycles. The molecular formula is C13H18Cl2N2O. The fraction of sp³-hybridized carbons (Fsp3) is 0.462. The Hall–Kier alpha value is -0.770. The monoisotopic (exact) mass is 288 g/mol. The van der Waals surface area contributed by atoms with Gasteiger partial charge in [0.25, 0.3) is 5.91 Å². The number of amides is 1. The first-order valence-corrected chi connectivity index (χ1v) is 6.21. The zero-order chi connectivity index (χ0) is 12.4. The lowest BCUT2D eigenvalue weighted by atomic mass is 10.1.